The average molecular weight is 376 g/mol. The van der Waals surface area contributed by atoms with E-state index in [0.29, 0.717) is 6.61 Å². The van der Waals surface area contributed by atoms with E-state index in [4.69, 9.17) is 15.3 Å². The molecule has 0 saturated heterocycles. The number of aliphatic carboxylic acids is 3. The third-order valence-electron chi connectivity index (χ3n) is 1.01. The number of nitrogens with two attached hydrogens (primary N) is 2. The maximum absolute atomic E-state index is 9.60. The molecule has 0 aliphatic carbocycles. The number of hydrogen-bond donors (Lipinski definition) is 5. The first-order valence-electron chi connectivity index (χ1n) is 6.26. The number of primary amides is 2. The lowest BCUT2D eigenvalue weighted by Crippen LogP contribution is -2.11. The zero-order valence-electron chi connectivity index (χ0n) is 14.3. The topological polar surface area (TPSA) is 207 Å². The molecule has 0 atom stereocenters. The lowest BCUT2D eigenvalue weighted by molar-refractivity contribution is -0.132. The molecule has 0 heterocycles. The van der Waals surface area contributed by atoms with Crippen molar-refractivity contribution in [2.24, 2.45) is 11.5 Å². The molecular formula is C15H24N2O9. The minimum absolute atomic E-state index is 0.356. The highest BCUT2D eigenvalue weighted by Crippen LogP contribution is 1.66. The van der Waals surface area contributed by atoms with Crippen molar-refractivity contribution in [2.45, 2.75) is 6.92 Å². The van der Waals surface area contributed by atoms with Crippen LogP contribution in [-0.4, -0.2) is 51.8 Å². The van der Waals surface area contributed by atoms with E-state index in [1.54, 1.807) is 6.92 Å². The van der Waals surface area contributed by atoms with Crippen molar-refractivity contribution in [3.8, 4) is 0 Å². The van der Waals surface area contributed by atoms with Crippen LogP contribution in [-0.2, 0) is 23.9 Å². The molecule has 0 radical (unpaired) electrons. The summed E-state index contributed by atoms with van der Waals surface area (Å²) < 4.78 is 4.18. The van der Waals surface area contributed by atoms with Gasteiger partial charge >= 0.3 is 24.0 Å². The minimum atomic E-state index is -0.981. The summed E-state index contributed by atoms with van der Waals surface area (Å²) in [6, 6.07) is 0. The first-order chi connectivity index (χ1) is 11.9. The predicted molar refractivity (Wildman–Crippen MR) is 94.1 cm³/mol. The molecule has 0 aromatic rings. The predicted octanol–water partition coefficient (Wildman–Crippen LogP) is 0.530. The number of carboxylic acid groups (broad SMARTS) is 3. The van der Waals surface area contributed by atoms with Gasteiger partial charge in [-0.25, -0.2) is 19.2 Å². The molecule has 11 nitrogen and oxygen atoms in total. The Morgan fingerprint density at radius 1 is 0.769 bits per heavy atom. The first-order valence-corrected chi connectivity index (χ1v) is 6.26. The van der Waals surface area contributed by atoms with Crippen molar-refractivity contribution in [1.82, 2.24) is 0 Å². The molecule has 0 spiro atoms. The molecule has 0 rings (SSSR count). The van der Waals surface area contributed by atoms with Gasteiger partial charge in [-0.3, -0.25) is 4.79 Å². The maximum atomic E-state index is 9.60. The summed E-state index contributed by atoms with van der Waals surface area (Å²) in [5.41, 5.74) is 9.08. The van der Waals surface area contributed by atoms with Crippen LogP contribution in [0.25, 0.3) is 0 Å². The van der Waals surface area contributed by atoms with E-state index in [-0.39, 0.29) is 0 Å². The number of amides is 2. The number of rotatable bonds is 5. The first kappa shape index (κ1) is 33.7. The molecule has 26 heavy (non-hydrogen) atoms. The van der Waals surface area contributed by atoms with Crippen LogP contribution >= 0.6 is 0 Å². The Labute approximate surface area is 150 Å². The van der Waals surface area contributed by atoms with Crippen molar-refractivity contribution < 1.29 is 44.0 Å². The van der Waals surface area contributed by atoms with Gasteiger partial charge in [0, 0.05) is 18.2 Å². The lowest BCUT2D eigenvalue weighted by atomic mass is 10.6. The standard InChI is InChI=1S/C3H7NO2.C3H5NO.3C3H4O2/c1-2-6-3(4)5;4*1-2-3(4)5/h2H2,1H3,(H2,4,5);2H,1H2,(H2,4,5);3*2H,1H2,(H,4,5). The van der Waals surface area contributed by atoms with Crippen molar-refractivity contribution in [3.63, 3.8) is 0 Å². The largest absolute Gasteiger partial charge is 0.478 e. The van der Waals surface area contributed by atoms with E-state index in [1.807, 2.05) is 0 Å². The molecule has 0 aromatic carbocycles. The fourth-order valence-electron chi connectivity index (χ4n) is 0.142. The Morgan fingerprint density at radius 2 is 0.962 bits per heavy atom. The molecule has 7 N–H and O–H groups in total. The van der Waals surface area contributed by atoms with E-state index in [1.165, 1.54) is 0 Å². The van der Waals surface area contributed by atoms with Crippen LogP contribution in [0.4, 0.5) is 4.79 Å². The molecule has 2 amide bonds. The minimum Gasteiger partial charge on any atom is -0.478 e. The SMILES string of the molecule is C=CC(=O)O.C=CC(=O)O.C=CC(=O)O.C=CC(N)=O.CCOC(N)=O. The van der Waals surface area contributed by atoms with Gasteiger partial charge in [0.2, 0.25) is 5.91 Å². The van der Waals surface area contributed by atoms with Gasteiger partial charge < -0.3 is 31.5 Å². The molecule has 0 aliphatic rings. The molecule has 0 fully saturated rings. The Kier molecular flexibility index (Phi) is 37.7. The third-order valence-corrected chi connectivity index (χ3v) is 1.01. The van der Waals surface area contributed by atoms with Crippen LogP contribution in [0.3, 0.4) is 0 Å². The molecule has 0 aliphatic heterocycles. The normalized spacial score (nSPS) is 6.65. The van der Waals surface area contributed by atoms with Crippen molar-refractivity contribution in [2.75, 3.05) is 6.61 Å². The molecule has 148 valence electrons. The van der Waals surface area contributed by atoms with Gasteiger partial charge in [-0.15, -0.1) is 0 Å². The Bertz CT molecular complexity index is 414. The highest BCUT2D eigenvalue weighted by Gasteiger charge is 1.82. The fraction of sp³-hybridized carbons (Fsp3) is 0.133. The van der Waals surface area contributed by atoms with Gasteiger partial charge in [0.05, 0.1) is 6.61 Å². The smallest absolute Gasteiger partial charge is 0.404 e. The average Bonchev–Trinajstić information content (AvgIpc) is 2.56. The van der Waals surface area contributed by atoms with E-state index >= 15 is 0 Å². The van der Waals surface area contributed by atoms with Gasteiger partial charge in [0.15, 0.2) is 0 Å². The van der Waals surface area contributed by atoms with Crippen LogP contribution in [0.2, 0.25) is 0 Å². The summed E-state index contributed by atoms with van der Waals surface area (Å²) >= 11 is 0. The Hall–Kier alpha value is -3.89. The monoisotopic (exact) mass is 376 g/mol. The van der Waals surface area contributed by atoms with Crippen LogP contribution in [0.15, 0.2) is 50.6 Å². The van der Waals surface area contributed by atoms with Crippen LogP contribution in [0.5, 0.6) is 0 Å². The van der Waals surface area contributed by atoms with E-state index in [0.717, 1.165) is 24.3 Å². The summed E-state index contributed by atoms with van der Waals surface area (Å²) in [7, 11) is 0. The summed E-state index contributed by atoms with van der Waals surface area (Å²) in [6.45, 7) is 14.0. The van der Waals surface area contributed by atoms with Gasteiger partial charge in [0.25, 0.3) is 0 Å². The van der Waals surface area contributed by atoms with Crippen molar-refractivity contribution >= 4 is 29.9 Å². The highest BCUT2D eigenvalue weighted by atomic mass is 16.5. The molecule has 11 heteroatoms. The summed E-state index contributed by atoms with van der Waals surface area (Å²) in [5.74, 6) is -3.43. The quantitative estimate of drug-likeness (QED) is 0.423. The van der Waals surface area contributed by atoms with Crippen LogP contribution in [0.1, 0.15) is 6.92 Å². The number of carbonyl (C=O) groups is 5. The molecule has 0 saturated carbocycles. The zero-order valence-corrected chi connectivity index (χ0v) is 14.3. The van der Waals surface area contributed by atoms with Crippen LogP contribution in [0, 0.1) is 0 Å². The second kappa shape index (κ2) is 29.2. The highest BCUT2D eigenvalue weighted by molar-refractivity contribution is 5.85. The molecule has 0 aromatic heterocycles. The van der Waals surface area contributed by atoms with Gasteiger partial charge in [-0.2, -0.15) is 0 Å². The summed E-state index contributed by atoms with van der Waals surface area (Å²) in [4.78, 5) is 46.8. The Balaban J connectivity index is -0.0000000708. The second-order valence-corrected chi connectivity index (χ2v) is 2.99. The number of hydrogen-bond acceptors (Lipinski definition) is 6. The summed E-state index contributed by atoms with van der Waals surface area (Å²) in [5, 5.41) is 22.8. The number of carbonyl (C=O) groups excluding carboxylic acids is 2. The van der Waals surface area contributed by atoms with Crippen molar-refractivity contribution in [3.05, 3.63) is 50.6 Å². The molecule has 0 bridgehead atoms. The second-order valence-electron chi connectivity index (χ2n) is 2.99. The van der Waals surface area contributed by atoms with Gasteiger partial charge in [-0.05, 0) is 13.0 Å². The third kappa shape index (κ3) is 145. The Morgan fingerprint density at radius 3 is 0.962 bits per heavy atom. The van der Waals surface area contributed by atoms with E-state index in [2.05, 4.69) is 42.5 Å². The van der Waals surface area contributed by atoms with Crippen molar-refractivity contribution in [1.29, 1.82) is 0 Å². The zero-order chi connectivity index (χ0) is 22.1. The van der Waals surface area contributed by atoms with Crippen LogP contribution < -0.4 is 11.5 Å². The van der Waals surface area contributed by atoms with E-state index in [9.17, 15) is 24.0 Å². The number of ether oxygens (including phenoxy) is 1. The van der Waals surface area contributed by atoms with Gasteiger partial charge in [-0.1, -0.05) is 26.3 Å². The number of carboxylic acids is 3. The molecular weight excluding hydrogens is 352 g/mol. The summed E-state index contributed by atoms with van der Waals surface area (Å²) in [6.07, 6.45) is 2.84. The maximum Gasteiger partial charge on any atom is 0.404 e. The van der Waals surface area contributed by atoms with E-state index < -0.39 is 29.9 Å². The lowest BCUT2D eigenvalue weighted by Gasteiger charge is -1.89. The molecule has 0 unspecified atom stereocenters. The fourth-order valence-corrected chi connectivity index (χ4v) is 0.142. The van der Waals surface area contributed by atoms with Gasteiger partial charge in [0.1, 0.15) is 0 Å².